The monoisotopic (exact) mass is 846 g/mol. The number of methoxy groups -OCH3 is 1. The number of amides is 3. The highest BCUT2D eigenvalue weighted by Gasteiger charge is 2.38. The SMILES string of the molecule is COc1ncccc1-c1cc(-c2ccc(N3CCN(CC(=O)NC(C(=O)N4CCCC4C)C(C)(C)C)CC3)cc2)c(N)nn1.Cc1ncsc1-c1ccc(C(C)NC=O)cc1. The number of benzene rings is 2. The van der Waals surface area contributed by atoms with Crippen molar-refractivity contribution < 1.29 is 19.1 Å². The topological polar surface area (TPSA) is 172 Å². The third kappa shape index (κ3) is 11.1. The number of likely N-dealkylation sites (tertiary alicyclic amines) is 1. The minimum Gasteiger partial charge on any atom is -0.481 e. The van der Waals surface area contributed by atoms with Crippen LogP contribution in [-0.2, 0) is 14.4 Å². The van der Waals surface area contributed by atoms with Crippen molar-refractivity contribution in [1.82, 2.24) is 40.6 Å². The number of pyridine rings is 1. The van der Waals surface area contributed by atoms with E-state index < -0.39 is 6.04 Å². The van der Waals surface area contributed by atoms with Crippen molar-refractivity contribution in [1.29, 1.82) is 0 Å². The number of piperazine rings is 1. The van der Waals surface area contributed by atoms with Crippen LogP contribution in [0.25, 0.3) is 32.8 Å². The summed E-state index contributed by atoms with van der Waals surface area (Å²) >= 11 is 1.64. The molecule has 4 N–H and O–H groups in total. The van der Waals surface area contributed by atoms with Crippen LogP contribution in [0.4, 0.5) is 11.5 Å². The van der Waals surface area contributed by atoms with Crippen LogP contribution in [0.5, 0.6) is 5.88 Å². The van der Waals surface area contributed by atoms with Crippen molar-refractivity contribution in [2.45, 2.75) is 72.5 Å². The number of nitrogens with two attached hydrogens (primary N) is 1. The second kappa shape index (κ2) is 20.1. The van der Waals surface area contributed by atoms with Gasteiger partial charge in [-0.25, -0.2) is 9.97 Å². The maximum absolute atomic E-state index is 13.3. The van der Waals surface area contributed by atoms with E-state index in [0.717, 1.165) is 85.6 Å². The van der Waals surface area contributed by atoms with E-state index in [4.69, 9.17) is 10.5 Å². The van der Waals surface area contributed by atoms with E-state index in [1.165, 1.54) is 10.4 Å². The van der Waals surface area contributed by atoms with Crippen molar-refractivity contribution in [2.24, 2.45) is 5.41 Å². The number of carbonyl (C=O) groups is 3. The number of nitrogens with one attached hydrogen (secondary N) is 2. The van der Waals surface area contributed by atoms with Crippen molar-refractivity contribution in [3.05, 3.63) is 89.7 Å². The van der Waals surface area contributed by atoms with Gasteiger partial charge in [0.25, 0.3) is 0 Å². The van der Waals surface area contributed by atoms with Gasteiger partial charge >= 0.3 is 0 Å². The van der Waals surface area contributed by atoms with Gasteiger partial charge in [0, 0.05) is 56.2 Å². The number of nitrogens with zero attached hydrogens (tertiary/aromatic N) is 7. The molecule has 2 fully saturated rings. The number of aromatic nitrogens is 4. The second-order valence-electron chi connectivity index (χ2n) is 16.7. The van der Waals surface area contributed by atoms with Crippen LogP contribution in [0.15, 0.2) is 78.4 Å². The number of thiazole rings is 1. The molecular weight excluding hydrogens is 789 g/mol. The fourth-order valence-corrected chi connectivity index (χ4v) is 8.53. The highest BCUT2D eigenvalue weighted by Crippen LogP contribution is 2.33. The van der Waals surface area contributed by atoms with Gasteiger partial charge in [-0.3, -0.25) is 19.3 Å². The second-order valence-corrected chi connectivity index (χ2v) is 17.5. The summed E-state index contributed by atoms with van der Waals surface area (Å²) in [5.74, 6) is 0.751. The predicted octanol–water partition coefficient (Wildman–Crippen LogP) is 6.39. The predicted molar refractivity (Wildman–Crippen MR) is 242 cm³/mol. The van der Waals surface area contributed by atoms with Gasteiger partial charge in [-0.15, -0.1) is 21.5 Å². The standard InChI is InChI=1S/C33H44N8O3.C13H14N2OS/c1-22-8-7-15-41(22)32(43)29(33(2,3)4)36-28(42)21-39-16-18-40(19-17-39)24-12-10-23(11-13-24)26-20-27(37-38-30(26)34)25-9-6-14-35-31(25)44-5;1-9(14-7-16)11-3-5-12(6-4-11)13-10(2)15-8-17-13/h6,9-14,20,22,29H,7-8,15-19,21H2,1-5H3,(H2,34,38)(H,36,42);3-9H,1-2H3,(H,14,16). The van der Waals surface area contributed by atoms with E-state index in [-0.39, 0.29) is 35.9 Å². The first-order chi connectivity index (χ1) is 29.3. The molecule has 0 bridgehead atoms. The smallest absolute Gasteiger partial charge is 0.245 e. The molecular formula is C46H58N10O4S. The van der Waals surface area contributed by atoms with Crippen LogP contribution >= 0.6 is 11.3 Å². The number of rotatable bonds is 12. The summed E-state index contributed by atoms with van der Waals surface area (Å²) in [4.78, 5) is 52.9. The Balaban J connectivity index is 0.000000305. The largest absolute Gasteiger partial charge is 0.481 e. The molecule has 3 atom stereocenters. The minimum atomic E-state index is -0.539. The molecule has 2 aliphatic rings. The molecule has 0 saturated carbocycles. The van der Waals surface area contributed by atoms with Crippen molar-refractivity contribution >= 4 is 41.1 Å². The summed E-state index contributed by atoms with van der Waals surface area (Å²) in [6, 6.07) is 21.8. The molecule has 0 spiro atoms. The molecule has 0 aliphatic carbocycles. The molecule has 2 saturated heterocycles. The van der Waals surface area contributed by atoms with Crippen LogP contribution < -0.4 is 26.0 Å². The number of ether oxygens (including phenoxy) is 1. The molecule has 3 aromatic heterocycles. The minimum absolute atomic E-state index is 0.0291. The number of carbonyl (C=O) groups excluding carboxylic acids is 3. The van der Waals surface area contributed by atoms with Gasteiger partial charge in [0.15, 0.2) is 5.82 Å². The lowest BCUT2D eigenvalue weighted by Crippen LogP contribution is -2.57. The Morgan fingerprint density at radius 3 is 2.28 bits per heavy atom. The summed E-state index contributed by atoms with van der Waals surface area (Å²) in [7, 11) is 1.58. The molecule has 14 nitrogen and oxygen atoms in total. The number of anilines is 2. The number of hydrogen-bond donors (Lipinski definition) is 3. The molecule has 61 heavy (non-hydrogen) atoms. The van der Waals surface area contributed by atoms with E-state index >= 15 is 0 Å². The van der Waals surface area contributed by atoms with Crippen LogP contribution in [0, 0.1) is 12.3 Å². The van der Waals surface area contributed by atoms with E-state index in [1.54, 1.807) is 24.6 Å². The lowest BCUT2D eigenvalue weighted by Gasteiger charge is -2.37. The Kier molecular flexibility index (Phi) is 14.7. The summed E-state index contributed by atoms with van der Waals surface area (Å²) in [6.45, 7) is 16.2. The lowest BCUT2D eigenvalue weighted by atomic mass is 9.85. The Bertz CT molecular complexity index is 2250. The normalized spacial score (nSPS) is 16.5. The average molecular weight is 847 g/mol. The number of hydrogen-bond acceptors (Lipinski definition) is 12. The molecule has 322 valence electrons. The number of aryl methyl sites for hydroxylation is 1. The molecule has 3 unspecified atom stereocenters. The molecule has 5 aromatic rings. The molecule has 3 amide bonds. The maximum atomic E-state index is 13.3. The van der Waals surface area contributed by atoms with Gasteiger partial charge in [-0.1, -0.05) is 57.2 Å². The summed E-state index contributed by atoms with van der Waals surface area (Å²) in [5.41, 5.74) is 15.2. The van der Waals surface area contributed by atoms with Crippen LogP contribution in [0.2, 0.25) is 0 Å². The zero-order valence-corrected chi connectivity index (χ0v) is 37.0. The van der Waals surface area contributed by atoms with Gasteiger partial charge in [0.1, 0.15) is 6.04 Å². The third-order valence-electron chi connectivity index (χ3n) is 11.3. The quantitative estimate of drug-likeness (QED) is 0.119. The van der Waals surface area contributed by atoms with E-state index in [1.807, 2.05) is 87.5 Å². The fourth-order valence-electron chi connectivity index (χ4n) is 7.71. The van der Waals surface area contributed by atoms with Gasteiger partial charge in [0.2, 0.25) is 24.1 Å². The molecule has 0 radical (unpaired) electrons. The third-order valence-corrected chi connectivity index (χ3v) is 12.3. The van der Waals surface area contributed by atoms with Crippen LogP contribution in [0.1, 0.15) is 64.8 Å². The Morgan fingerprint density at radius 2 is 1.67 bits per heavy atom. The first kappa shape index (κ1) is 44.6. The maximum Gasteiger partial charge on any atom is 0.245 e. The highest BCUT2D eigenvalue weighted by atomic mass is 32.1. The van der Waals surface area contributed by atoms with Crippen molar-refractivity contribution in [3.8, 4) is 38.7 Å². The molecule has 2 aliphatic heterocycles. The van der Waals surface area contributed by atoms with Gasteiger partial charge in [0.05, 0.1) is 47.0 Å². The van der Waals surface area contributed by atoms with Crippen LogP contribution in [0.3, 0.4) is 0 Å². The zero-order chi connectivity index (χ0) is 43.7. The molecule has 15 heteroatoms. The lowest BCUT2D eigenvalue weighted by molar-refractivity contribution is -0.140. The fraction of sp³-hybridized carbons (Fsp3) is 0.413. The highest BCUT2D eigenvalue weighted by molar-refractivity contribution is 7.13. The van der Waals surface area contributed by atoms with Gasteiger partial charge in [-0.2, -0.15) is 0 Å². The van der Waals surface area contributed by atoms with E-state index in [0.29, 0.717) is 17.4 Å². The summed E-state index contributed by atoms with van der Waals surface area (Å²) < 4.78 is 5.39. The van der Waals surface area contributed by atoms with Crippen molar-refractivity contribution in [2.75, 3.05) is 57.0 Å². The summed E-state index contributed by atoms with van der Waals surface area (Å²) in [6.07, 6.45) is 4.43. The van der Waals surface area contributed by atoms with Gasteiger partial charge < -0.3 is 30.9 Å². The number of nitrogen functional groups attached to an aromatic ring is 1. The molecule has 5 heterocycles. The Morgan fingerprint density at radius 1 is 0.967 bits per heavy atom. The Hall–Kier alpha value is -5.93. The summed E-state index contributed by atoms with van der Waals surface area (Å²) in [5, 5.41) is 14.3. The molecule has 2 aromatic carbocycles. The Labute approximate surface area is 362 Å². The first-order valence-corrected chi connectivity index (χ1v) is 21.7. The first-order valence-electron chi connectivity index (χ1n) is 20.8. The van der Waals surface area contributed by atoms with E-state index in [9.17, 15) is 14.4 Å². The average Bonchev–Trinajstić information content (AvgIpc) is 3.90. The van der Waals surface area contributed by atoms with E-state index in [2.05, 4.69) is 71.8 Å². The zero-order valence-electron chi connectivity index (χ0n) is 36.2. The molecule has 7 rings (SSSR count). The van der Waals surface area contributed by atoms with Crippen molar-refractivity contribution in [3.63, 3.8) is 0 Å². The van der Waals surface area contributed by atoms with Gasteiger partial charge in [-0.05, 0) is 86.1 Å². The van der Waals surface area contributed by atoms with Crippen LogP contribution in [-0.4, -0.2) is 107 Å².